The predicted molar refractivity (Wildman–Crippen MR) is 165 cm³/mol. The van der Waals surface area contributed by atoms with Crippen molar-refractivity contribution >= 4 is 28.7 Å². The standard InChI is InChI=1S/C34H37N5O3/c1-5-6-14-30-37-31-23(2)20-24(3)35-32(31)39(30)22-26-15-17-27(18-16-26)36-33(40)29(21-25-11-8-7-9-12-25)38-19-10-13-28(38)34(41)42-4/h7-13,15-20,29H,5-6,14,21-22H2,1-4H3,(H,36,40)/t29-/m0/s1. The number of amides is 1. The molecule has 0 unspecified atom stereocenters. The molecule has 0 spiro atoms. The highest BCUT2D eigenvalue weighted by Crippen LogP contribution is 2.24. The molecule has 5 aromatic rings. The molecule has 8 heteroatoms. The monoisotopic (exact) mass is 563 g/mol. The normalized spacial score (nSPS) is 11.9. The van der Waals surface area contributed by atoms with Gasteiger partial charge in [0.25, 0.3) is 0 Å². The molecule has 1 atom stereocenters. The van der Waals surface area contributed by atoms with E-state index in [4.69, 9.17) is 14.7 Å². The van der Waals surface area contributed by atoms with Crippen molar-refractivity contribution in [3.63, 3.8) is 0 Å². The Labute approximate surface area is 246 Å². The fourth-order valence-electron chi connectivity index (χ4n) is 5.34. The number of rotatable bonds is 11. The Hall–Kier alpha value is -4.72. The third kappa shape index (κ3) is 6.28. The van der Waals surface area contributed by atoms with E-state index in [1.54, 1.807) is 22.9 Å². The van der Waals surface area contributed by atoms with E-state index < -0.39 is 12.0 Å². The molecule has 3 aromatic heterocycles. The Bertz CT molecular complexity index is 1690. The van der Waals surface area contributed by atoms with Gasteiger partial charge in [-0.1, -0.05) is 55.8 Å². The topological polar surface area (TPSA) is 91.0 Å². The number of anilines is 1. The molecule has 0 fully saturated rings. The first-order chi connectivity index (χ1) is 20.4. The summed E-state index contributed by atoms with van der Waals surface area (Å²) in [6.07, 6.45) is 5.22. The second kappa shape index (κ2) is 12.9. The maximum atomic E-state index is 13.7. The van der Waals surface area contributed by atoms with Crippen molar-refractivity contribution in [3.05, 3.63) is 113 Å². The van der Waals surface area contributed by atoms with Crippen LogP contribution in [0.15, 0.2) is 79.0 Å². The van der Waals surface area contributed by atoms with Gasteiger partial charge in [0, 0.05) is 30.4 Å². The zero-order valence-corrected chi connectivity index (χ0v) is 24.6. The summed E-state index contributed by atoms with van der Waals surface area (Å²) in [4.78, 5) is 35.9. The fraction of sp³-hybridized carbons (Fsp3) is 0.294. The summed E-state index contributed by atoms with van der Waals surface area (Å²) in [6, 6.07) is 22.5. The average Bonchev–Trinajstić information content (AvgIpc) is 3.61. The fourth-order valence-corrected chi connectivity index (χ4v) is 5.34. The number of methoxy groups -OCH3 is 1. The van der Waals surface area contributed by atoms with E-state index in [0.717, 1.165) is 58.6 Å². The smallest absolute Gasteiger partial charge is 0.354 e. The quantitative estimate of drug-likeness (QED) is 0.187. The lowest BCUT2D eigenvalue weighted by Crippen LogP contribution is -2.29. The number of aromatic nitrogens is 4. The third-order valence-corrected chi connectivity index (χ3v) is 7.50. The molecule has 1 N–H and O–H groups in total. The van der Waals surface area contributed by atoms with Crippen LogP contribution in [0.2, 0.25) is 0 Å². The molecule has 3 heterocycles. The van der Waals surface area contributed by atoms with Crippen LogP contribution < -0.4 is 5.32 Å². The Morgan fingerprint density at radius 3 is 2.43 bits per heavy atom. The highest BCUT2D eigenvalue weighted by Gasteiger charge is 2.25. The summed E-state index contributed by atoms with van der Waals surface area (Å²) in [5.74, 6) is 0.341. The summed E-state index contributed by atoms with van der Waals surface area (Å²) in [5, 5.41) is 3.06. The summed E-state index contributed by atoms with van der Waals surface area (Å²) in [6.45, 7) is 6.93. The van der Waals surface area contributed by atoms with E-state index in [0.29, 0.717) is 24.3 Å². The summed E-state index contributed by atoms with van der Waals surface area (Å²) >= 11 is 0. The van der Waals surface area contributed by atoms with E-state index in [1.807, 2.05) is 61.5 Å². The van der Waals surface area contributed by atoms with Crippen molar-refractivity contribution in [1.82, 2.24) is 19.1 Å². The molecule has 0 saturated heterocycles. The number of hydrogen-bond donors (Lipinski definition) is 1. The van der Waals surface area contributed by atoms with Gasteiger partial charge >= 0.3 is 5.97 Å². The van der Waals surface area contributed by atoms with Crippen molar-refractivity contribution in [2.45, 2.75) is 59.0 Å². The van der Waals surface area contributed by atoms with Crippen LogP contribution in [0.5, 0.6) is 0 Å². The van der Waals surface area contributed by atoms with Crippen LogP contribution in [0.3, 0.4) is 0 Å². The maximum absolute atomic E-state index is 13.7. The molecule has 0 radical (unpaired) electrons. The van der Waals surface area contributed by atoms with Gasteiger partial charge in [-0.3, -0.25) is 4.79 Å². The third-order valence-electron chi connectivity index (χ3n) is 7.50. The lowest BCUT2D eigenvalue weighted by atomic mass is 10.0. The first-order valence-corrected chi connectivity index (χ1v) is 14.4. The Morgan fingerprint density at radius 1 is 0.952 bits per heavy atom. The number of pyridine rings is 1. The second-order valence-corrected chi connectivity index (χ2v) is 10.7. The lowest BCUT2D eigenvalue weighted by Gasteiger charge is -2.21. The van der Waals surface area contributed by atoms with E-state index in [2.05, 4.69) is 29.8 Å². The van der Waals surface area contributed by atoms with Gasteiger partial charge < -0.3 is 19.2 Å². The number of unbranched alkanes of at least 4 members (excludes halogenated alkanes) is 1. The largest absolute Gasteiger partial charge is 0.464 e. The van der Waals surface area contributed by atoms with E-state index in [9.17, 15) is 9.59 Å². The van der Waals surface area contributed by atoms with Gasteiger partial charge in [0.2, 0.25) is 5.91 Å². The second-order valence-electron chi connectivity index (χ2n) is 10.7. The molecule has 0 aliphatic carbocycles. The Kier molecular flexibility index (Phi) is 8.81. The highest BCUT2D eigenvalue weighted by molar-refractivity contribution is 5.95. The summed E-state index contributed by atoms with van der Waals surface area (Å²) in [7, 11) is 1.34. The number of imidazole rings is 1. The number of nitrogens with one attached hydrogen (secondary N) is 1. The van der Waals surface area contributed by atoms with E-state index in [1.165, 1.54) is 7.11 Å². The molecule has 216 valence electrons. The van der Waals surface area contributed by atoms with Gasteiger partial charge in [0.1, 0.15) is 23.1 Å². The van der Waals surface area contributed by atoms with Gasteiger partial charge in [-0.25, -0.2) is 14.8 Å². The number of hydrogen-bond acceptors (Lipinski definition) is 5. The van der Waals surface area contributed by atoms with Gasteiger partial charge in [0.05, 0.1) is 13.7 Å². The molecular weight excluding hydrogens is 526 g/mol. The summed E-state index contributed by atoms with van der Waals surface area (Å²) in [5.41, 5.74) is 7.06. The molecular formula is C34H37N5O3. The van der Waals surface area contributed by atoms with Gasteiger partial charge in [0.15, 0.2) is 5.65 Å². The Balaban J connectivity index is 1.38. The first-order valence-electron chi connectivity index (χ1n) is 14.4. The number of carbonyl (C=O) groups excluding carboxylic acids is 2. The number of ether oxygens (including phenoxy) is 1. The number of benzene rings is 2. The van der Waals surface area contributed by atoms with Crippen LogP contribution >= 0.6 is 0 Å². The average molecular weight is 564 g/mol. The Morgan fingerprint density at radius 2 is 1.71 bits per heavy atom. The van der Waals surface area contributed by atoms with Crippen LogP contribution in [0.1, 0.15) is 64.5 Å². The molecule has 42 heavy (non-hydrogen) atoms. The van der Waals surface area contributed by atoms with E-state index in [-0.39, 0.29) is 5.91 Å². The number of carbonyl (C=O) groups is 2. The van der Waals surface area contributed by atoms with Crippen LogP contribution in [-0.4, -0.2) is 38.1 Å². The maximum Gasteiger partial charge on any atom is 0.354 e. The molecule has 0 saturated carbocycles. The number of aryl methyl sites for hydroxylation is 3. The molecule has 5 rings (SSSR count). The number of esters is 1. The molecule has 1 amide bonds. The summed E-state index contributed by atoms with van der Waals surface area (Å²) < 4.78 is 8.86. The minimum atomic E-state index is -0.646. The molecule has 0 aliphatic heterocycles. The number of nitrogens with zero attached hydrogens (tertiary/aromatic N) is 4. The van der Waals surface area contributed by atoms with Gasteiger partial charge in [-0.2, -0.15) is 0 Å². The van der Waals surface area contributed by atoms with Crippen LogP contribution in [0.4, 0.5) is 5.69 Å². The van der Waals surface area contributed by atoms with Crippen LogP contribution in [0, 0.1) is 13.8 Å². The van der Waals surface area contributed by atoms with Gasteiger partial charge in [-0.15, -0.1) is 0 Å². The van der Waals surface area contributed by atoms with Crippen molar-refractivity contribution in [1.29, 1.82) is 0 Å². The SMILES string of the molecule is CCCCc1nc2c(C)cc(C)nc2n1Cc1ccc(NC(=O)[C@H](Cc2ccccc2)n2cccc2C(=O)OC)cc1. The lowest BCUT2D eigenvalue weighted by molar-refractivity contribution is -0.119. The van der Waals surface area contributed by atoms with Crippen LogP contribution in [0.25, 0.3) is 11.2 Å². The number of fused-ring (bicyclic) bond motifs is 1. The van der Waals surface area contributed by atoms with Crippen molar-refractivity contribution in [2.24, 2.45) is 0 Å². The minimum Gasteiger partial charge on any atom is -0.464 e. The van der Waals surface area contributed by atoms with Crippen LogP contribution in [-0.2, 0) is 28.9 Å². The zero-order chi connectivity index (χ0) is 29.6. The molecule has 2 aromatic carbocycles. The highest BCUT2D eigenvalue weighted by atomic mass is 16.5. The van der Waals surface area contributed by atoms with Crippen molar-refractivity contribution in [2.75, 3.05) is 12.4 Å². The minimum absolute atomic E-state index is 0.217. The molecule has 0 aliphatic rings. The van der Waals surface area contributed by atoms with Gasteiger partial charge in [-0.05, 0) is 67.3 Å². The zero-order valence-electron chi connectivity index (χ0n) is 24.6. The predicted octanol–water partition coefficient (Wildman–Crippen LogP) is 6.45. The first kappa shape index (κ1) is 28.8. The van der Waals surface area contributed by atoms with E-state index >= 15 is 0 Å². The van der Waals surface area contributed by atoms with Crippen molar-refractivity contribution in [3.8, 4) is 0 Å². The van der Waals surface area contributed by atoms with Crippen molar-refractivity contribution < 1.29 is 14.3 Å². The molecule has 0 bridgehead atoms. The molecule has 8 nitrogen and oxygen atoms in total.